The Balaban J connectivity index is 2.48. The van der Waals surface area contributed by atoms with Gasteiger partial charge >= 0.3 is 0 Å². The fourth-order valence-electron chi connectivity index (χ4n) is 1.56. The van der Waals surface area contributed by atoms with E-state index in [0.717, 1.165) is 11.3 Å². The monoisotopic (exact) mass is 230 g/mol. The van der Waals surface area contributed by atoms with Crippen LogP contribution in [0.15, 0.2) is 41.5 Å². The summed E-state index contributed by atoms with van der Waals surface area (Å²) < 4.78 is 5.69. The molecule has 0 aliphatic carbocycles. The summed E-state index contributed by atoms with van der Waals surface area (Å²) in [5.74, 6) is 0.742. The third-order valence-electron chi connectivity index (χ3n) is 2.19. The number of ether oxygens (including phenoxy) is 1. The van der Waals surface area contributed by atoms with Crippen LogP contribution < -0.4 is 10.3 Å². The first kappa shape index (κ1) is 11.4. The van der Waals surface area contributed by atoms with Crippen molar-refractivity contribution in [3.63, 3.8) is 0 Å². The Morgan fingerprint density at radius 3 is 2.71 bits per heavy atom. The Kier molecular flexibility index (Phi) is 3.23. The van der Waals surface area contributed by atoms with Crippen LogP contribution in [-0.4, -0.2) is 16.1 Å². The number of benzene rings is 1. The van der Waals surface area contributed by atoms with Gasteiger partial charge in [0, 0.05) is 5.56 Å². The van der Waals surface area contributed by atoms with Gasteiger partial charge < -0.3 is 9.72 Å². The van der Waals surface area contributed by atoms with E-state index < -0.39 is 0 Å². The van der Waals surface area contributed by atoms with Gasteiger partial charge in [-0.2, -0.15) is 0 Å². The molecule has 0 bridgehead atoms. The molecular formula is C13H14N2O2. The number of hydrogen-bond donors (Lipinski definition) is 1. The van der Waals surface area contributed by atoms with Crippen molar-refractivity contribution in [2.75, 3.05) is 0 Å². The van der Waals surface area contributed by atoms with Crippen LogP contribution in [0.1, 0.15) is 13.8 Å². The zero-order valence-corrected chi connectivity index (χ0v) is 9.81. The highest BCUT2D eigenvalue weighted by Crippen LogP contribution is 2.27. The van der Waals surface area contributed by atoms with Crippen molar-refractivity contribution in [1.29, 1.82) is 0 Å². The second-order valence-corrected chi connectivity index (χ2v) is 3.97. The average molecular weight is 230 g/mol. The summed E-state index contributed by atoms with van der Waals surface area (Å²) in [5, 5.41) is 0. The lowest BCUT2D eigenvalue weighted by atomic mass is 10.1. The van der Waals surface area contributed by atoms with Gasteiger partial charge in [0.2, 0.25) is 0 Å². The SMILES string of the molecule is CC(C)Oc1ccccc1-c1cncc(=O)[nH]1. The third kappa shape index (κ3) is 2.72. The van der Waals surface area contributed by atoms with Gasteiger partial charge in [-0.15, -0.1) is 0 Å². The molecule has 0 aliphatic rings. The summed E-state index contributed by atoms with van der Waals surface area (Å²) in [6.45, 7) is 3.92. The van der Waals surface area contributed by atoms with Crippen molar-refractivity contribution >= 4 is 0 Å². The van der Waals surface area contributed by atoms with E-state index in [2.05, 4.69) is 9.97 Å². The van der Waals surface area contributed by atoms with Crippen LogP contribution in [0.4, 0.5) is 0 Å². The molecule has 1 heterocycles. The molecule has 0 saturated heterocycles. The van der Waals surface area contributed by atoms with Crippen LogP contribution in [0.3, 0.4) is 0 Å². The maximum atomic E-state index is 11.2. The molecule has 4 nitrogen and oxygen atoms in total. The van der Waals surface area contributed by atoms with Crippen molar-refractivity contribution in [2.45, 2.75) is 20.0 Å². The van der Waals surface area contributed by atoms with Crippen LogP contribution in [0.2, 0.25) is 0 Å². The van der Waals surface area contributed by atoms with Crippen LogP contribution in [0, 0.1) is 0 Å². The number of hydrogen-bond acceptors (Lipinski definition) is 3. The lowest BCUT2D eigenvalue weighted by Gasteiger charge is -2.13. The fourth-order valence-corrected chi connectivity index (χ4v) is 1.56. The number of nitrogens with zero attached hydrogens (tertiary/aromatic N) is 1. The highest BCUT2D eigenvalue weighted by atomic mass is 16.5. The molecule has 0 spiro atoms. The minimum absolute atomic E-state index is 0.0829. The van der Waals surface area contributed by atoms with E-state index in [9.17, 15) is 4.79 Å². The van der Waals surface area contributed by atoms with E-state index in [1.54, 1.807) is 6.20 Å². The van der Waals surface area contributed by atoms with Gasteiger partial charge in [-0.05, 0) is 26.0 Å². The molecule has 0 atom stereocenters. The van der Waals surface area contributed by atoms with Gasteiger partial charge in [-0.3, -0.25) is 9.78 Å². The van der Waals surface area contributed by atoms with Crippen molar-refractivity contribution in [1.82, 2.24) is 9.97 Å². The first-order chi connectivity index (χ1) is 8.16. The van der Waals surface area contributed by atoms with Crippen molar-refractivity contribution < 1.29 is 4.74 Å². The zero-order chi connectivity index (χ0) is 12.3. The van der Waals surface area contributed by atoms with E-state index >= 15 is 0 Å². The van der Waals surface area contributed by atoms with Crippen LogP contribution in [0.25, 0.3) is 11.3 Å². The van der Waals surface area contributed by atoms with Gasteiger partial charge in [-0.25, -0.2) is 0 Å². The van der Waals surface area contributed by atoms with Gasteiger partial charge in [0.15, 0.2) is 0 Å². The van der Waals surface area contributed by atoms with Crippen molar-refractivity contribution in [3.8, 4) is 17.0 Å². The van der Waals surface area contributed by atoms with Gasteiger partial charge in [-0.1, -0.05) is 12.1 Å². The van der Waals surface area contributed by atoms with E-state index in [-0.39, 0.29) is 11.7 Å². The minimum atomic E-state index is -0.221. The number of para-hydroxylation sites is 1. The Bertz CT molecular complexity index is 561. The Morgan fingerprint density at radius 1 is 1.24 bits per heavy atom. The van der Waals surface area contributed by atoms with Gasteiger partial charge in [0.05, 0.1) is 24.2 Å². The predicted molar refractivity (Wildman–Crippen MR) is 66.1 cm³/mol. The quantitative estimate of drug-likeness (QED) is 0.879. The summed E-state index contributed by atoms with van der Waals surface area (Å²) in [6, 6.07) is 7.56. The maximum Gasteiger partial charge on any atom is 0.266 e. The lowest BCUT2D eigenvalue weighted by molar-refractivity contribution is 0.243. The Hall–Kier alpha value is -2.10. The molecule has 0 radical (unpaired) electrons. The summed E-state index contributed by atoms with van der Waals surface area (Å²) in [5.41, 5.74) is 1.28. The molecule has 88 valence electrons. The van der Waals surface area contributed by atoms with Crippen LogP contribution in [-0.2, 0) is 0 Å². The molecular weight excluding hydrogens is 216 g/mol. The molecule has 17 heavy (non-hydrogen) atoms. The molecule has 0 fully saturated rings. The standard InChI is InChI=1S/C13H14N2O2/c1-9(2)17-12-6-4-3-5-10(12)11-7-14-8-13(16)15-11/h3-9H,1-2H3,(H,15,16). The molecule has 2 aromatic rings. The largest absolute Gasteiger partial charge is 0.490 e. The van der Waals surface area contributed by atoms with Crippen LogP contribution in [0.5, 0.6) is 5.75 Å². The van der Waals surface area contributed by atoms with E-state index in [1.165, 1.54) is 6.20 Å². The van der Waals surface area contributed by atoms with E-state index in [4.69, 9.17) is 4.74 Å². The smallest absolute Gasteiger partial charge is 0.266 e. The second-order valence-electron chi connectivity index (χ2n) is 3.97. The molecule has 0 amide bonds. The Labute approximate surface area is 99.3 Å². The highest BCUT2D eigenvalue weighted by molar-refractivity contribution is 5.66. The predicted octanol–water partition coefficient (Wildman–Crippen LogP) is 2.22. The summed E-state index contributed by atoms with van der Waals surface area (Å²) in [4.78, 5) is 17.9. The average Bonchev–Trinajstić information content (AvgIpc) is 2.29. The summed E-state index contributed by atoms with van der Waals surface area (Å²) in [6.07, 6.45) is 2.94. The normalized spacial score (nSPS) is 10.5. The molecule has 1 N–H and O–H groups in total. The van der Waals surface area contributed by atoms with Crippen molar-refractivity contribution in [2.24, 2.45) is 0 Å². The van der Waals surface area contributed by atoms with E-state index in [1.807, 2.05) is 38.1 Å². The topological polar surface area (TPSA) is 55.0 Å². The molecule has 1 aromatic heterocycles. The number of aromatic nitrogens is 2. The number of nitrogens with one attached hydrogen (secondary N) is 1. The zero-order valence-electron chi connectivity index (χ0n) is 9.81. The molecule has 4 heteroatoms. The molecule has 1 aromatic carbocycles. The highest BCUT2D eigenvalue weighted by Gasteiger charge is 2.07. The van der Waals surface area contributed by atoms with Gasteiger partial charge in [0.1, 0.15) is 5.75 Å². The van der Waals surface area contributed by atoms with E-state index in [0.29, 0.717) is 5.69 Å². The first-order valence-corrected chi connectivity index (χ1v) is 5.47. The van der Waals surface area contributed by atoms with Crippen molar-refractivity contribution in [3.05, 3.63) is 47.0 Å². The first-order valence-electron chi connectivity index (χ1n) is 5.47. The molecule has 0 unspecified atom stereocenters. The molecule has 0 saturated carbocycles. The number of H-pyrrole nitrogens is 1. The number of rotatable bonds is 3. The number of aromatic amines is 1. The molecule has 0 aliphatic heterocycles. The summed E-state index contributed by atoms with van der Waals surface area (Å²) >= 11 is 0. The third-order valence-corrected chi connectivity index (χ3v) is 2.19. The molecule has 2 rings (SSSR count). The van der Waals surface area contributed by atoms with Crippen LogP contribution >= 0.6 is 0 Å². The lowest BCUT2D eigenvalue weighted by Crippen LogP contribution is -2.09. The minimum Gasteiger partial charge on any atom is -0.490 e. The van der Waals surface area contributed by atoms with Gasteiger partial charge in [0.25, 0.3) is 5.56 Å². The second kappa shape index (κ2) is 4.82. The maximum absolute atomic E-state index is 11.2. The summed E-state index contributed by atoms with van der Waals surface area (Å²) in [7, 11) is 0. The Morgan fingerprint density at radius 2 is 2.00 bits per heavy atom. The fraction of sp³-hybridized carbons (Fsp3) is 0.231.